The van der Waals surface area contributed by atoms with Crippen LogP contribution in [0.5, 0.6) is 5.75 Å². The summed E-state index contributed by atoms with van der Waals surface area (Å²) in [6.07, 6.45) is 2.39. The molecule has 0 bridgehead atoms. The molecule has 5 heteroatoms. The standard InChI is InChI=1S/C14H21F2NO2/c1-14(10-18,17-2)7-3-4-8-19-13-6-5-11(15)9-12(13)16/h5-6,9,17-18H,3-4,7-8,10H2,1-2H3. The van der Waals surface area contributed by atoms with E-state index in [2.05, 4.69) is 5.32 Å². The molecule has 0 saturated heterocycles. The topological polar surface area (TPSA) is 41.5 Å². The van der Waals surface area contributed by atoms with Crippen molar-refractivity contribution in [2.45, 2.75) is 31.7 Å². The summed E-state index contributed by atoms with van der Waals surface area (Å²) in [5.74, 6) is -1.23. The lowest BCUT2D eigenvalue weighted by Crippen LogP contribution is -2.43. The van der Waals surface area contributed by atoms with Crippen molar-refractivity contribution in [3.63, 3.8) is 0 Å². The summed E-state index contributed by atoms with van der Waals surface area (Å²) in [5.41, 5.74) is -0.291. The first-order chi connectivity index (χ1) is 9.00. The summed E-state index contributed by atoms with van der Waals surface area (Å²) in [6, 6.07) is 3.26. The van der Waals surface area contributed by atoms with E-state index < -0.39 is 11.6 Å². The molecule has 0 spiro atoms. The quantitative estimate of drug-likeness (QED) is 0.715. The fraction of sp³-hybridized carbons (Fsp3) is 0.571. The highest BCUT2D eigenvalue weighted by molar-refractivity contribution is 5.24. The van der Waals surface area contributed by atoms with E-state index in [9.17, 15) is 13.9 Å². The fourth-order valence-corrected chi connectivity index (χ4v) is 1.67. The summed E-state index contributed by atoms with van der Waals surface area (Å²) in [6.45, 7) is 2.37. The minimum atomic E-state index is -0.685. The van der Waals surface area contributed by atoms with E-state index in [0.29, 0.717) is 6.61 Å². The lowest BCUT2D eigenvalue weighted by Gasteiger charge is -2.26. The second-order valence-electron chi connectivity index (χ2n) is 4.85. The Morgan fingerprint density at radius 1 is 1.32 bits per heavy atom. The molecule has 0 radical (unpaired) electrons. The number of hydrogen-bond donors (Lipinski definition) is 2. The van der Waals surface area contributed by atoms with E-state index in [1.165, 1.54) is 12.1 Å². The van der Waals surface area contributed by atoms with Crippen molar-refractivity contribution >= 4 is 0 Å². The fourth-order valence-electron chi connectivity index (χ4n) is 1.67. The number of benzene rings is 1. The van der Waals surface area contributed by atoms with Crippen molar-refractivity contribution in [2.24, 2.45) is 0 Å². The molecule has 19 heavy (non-hydrogen) atoms. The molecule has 1 atom stereocenters. The molecule has 2 N–H and O–H groups in total. The molecule has 0 heterocycles. The van der Waals surface area contributed by atoms with Gasteiger partial charge >= 0.3 is 0 Å². The molecule has 0 aliphatic rings. The number of hydrogen-bond acceptors (Lipinski definition) is 3. The van der Waals surface area contributed by atoms with Crippen molar-refractivity contribution in [1.29, 1.82) is 0 Å². The maximum atomic E-state index is 13.3. The molecular weight excluding hydrogens is 252 g/mol. The Labute approximate surface area is 112 Å². The van der Waals surface area contributed by atoms with E-state index in [1.54, 1.807) is 7.05 Å². The molecule has 0 aliphatic heterocycles. The average Bonchev–Trinajstić information content (AvgIpc) is 2.40. The van der Waals surface area contributed by atoms with Crippen LogP contribution in [-0.2, 0) is 0 Å². The first kappa shape index (κ1) is 15.9. The average molecular weight is 273 g/mol. The van der Waals surface area contributed by atoms with Crippen molar-refractivity contribution in [1.82, 2.24) is 5.32 Å². The van der Waals surface area contributed by atoms with Gasteiger partial charge in [0, 0.05) is 11.6 Å². The van der Waals surface area contributed by atoms with Crippen LogP contribution in [0.4, 0.5) is 8.78 Å². The van der Waals surface area contributed by atoms with Gasteiger partial charge in [0.25, 0.3) is 0 Å². The smallest absolute Gasteiger partial charge is 0.167 e. The zero-order valence-corrected chi connectivity index (χ0v) is 11.4. The molecule has 0 aliphatic carbocycles. The maximum Gasteiger partial charge on any atom is 0.167 e. The molecular formula is C14H21F2NO2. The van der Waals surface area contributed by atoms with Gasteiger partial charge in [-0.25, -0.2) is 8.78 Å². The first-order valence-electron chi connectivity index (χ1n) is 6.38. The van der Waals surface area contributed by atoms with Crippen LogP contribution >= 0.6 is 0 Å². The van der Waals surface area contributed by atoms with Gasteiger partial charge in [0.1, 0.15) is 5.82 Å². The Hall–Kier alpha value is -1.20. The summed E-state index contributed by atoms with van der Waals surface area (Å²) >= 11 is 0. The number of likely N-dealkylation sites (N-methyl/N-ethyl adjacent to an activating group) is 1. The van der Waals surface area contributed by atoms with Crippen LogP contribution in [0.15, 0.2) is 18.2 Å². The lowest BCUT2D eigenvalue weighted by atomic mass is 9.96. The second kappa shape index (κ2) is 7.40. The molecule has 3 nitrogen and oxygen atoms in total. The zero-order chi connectivity index (χ0) is 14.3. The molecule has 108 valence electrons. The van der Waals surface area contributed by atoms with Gasteiger partial charge in [-0.05, 0) is 45.4 Å². The lowest BCUT2D eigenvalue weighted by molar-refractivity contribution is 0.168. The number of aliphatic hydroxyl groups excluding tert-OH is 1. The normalized spacial score (nSPS) is 14.2. The van der Waals surface area contributed by atoms with Gasteiger partial charge in [0.05, 0.1) is 13.2 Å². The molecule has 1 unspecified atom stereocenters. The predicted molar refractivity (Wildman–Crippen MR) is 70.3 cm³/mol. The van der Waals surface area contributed by atoms with Gasteiger partial charge in [0.15, 0.2) is 11.6 Å². The summed E-state index contributed by atoms with van der Waals surface area (Å²) in [5, 5.41) is 12.3. The van der Waals surface area contributed by atoms with Gasteiger partial charge < -0.3 is 15.2 Å². The number of nitrogens with one attached hydrogen (secondary N) is 1. The number of unbranched alkanes of at least 4 members (excludes halogenated alkanes) is 1. The second-order valence-corrected chi connectivity index (χ2v) is 4.85. The molecule has 1 aromatic rings. The third-order valence-corrected chi connectivity index (χ3v) is 3.23. The van der Waals surface area contributed by atoms with Crippen LogP contribution in [0.25, 0.3) is 0 Å². The number of aliphatic hydroxyl groups is 1. The largest absolute Gasteiger partial charge is 0.491 e. The Morgan fingerprint density at radius 3 is 2.63 bits per heavy atom. The molecule has 0 amide bonds. The van der Waals surface area contributed by atoms with Crippen molar-refractivity contribution in [3.05, 3.63) is 29.8 Å². The van der Waals surface area contributed by atoms with Crippen molar-refractivity contribution in [3.8, 4) is 5.75 Å². The van der Waals surface area contributed by atoms with Gasteiger partial charge in [-0.2, -0.15) is 0 Å². The van der Waals surface area contributed by atoms with E-state index >= 15 is 0 Å². The zero-order valence-electron chi connectivity index (χ0n) is 11.4. The predicted octanol–water partition coefficient (Wildman–Crippen LogP) is 2.48. The van der Waals surface area contributed by atoms with Crippen LogP contribution in [-0.4, -0.2) is 30.9 Å². The van der Waals surface area contributed by atoms with Crippen molar-refractivity contribution < 1.29 is 18.6 Å². The Kier molecular flexibility index (Phi) is 6.18. The number of halogens is 2. The summed E-state index contributed by atoms with van der Waals surface area (Å²) < 4.78 is 31.2. The third kappa shape index (κ3) is 5.12. The molecule has 1 rings (SSSR count). The summed E-state index contributed by atoms with van der Waals surface area (Å²) in [4.78, 5) is 0. The Bertz CT molecular complexity index is 395. The molecule has 0 fully saturated rings. The Balaban J connectivity index is 2.28. The van der Waals surface area contributed by atoms with E-state index in [1.807, 2.05) is 6.92 Å². The van der Waals surface area contributed by atoms with Crippen LogP contribution in [0, 0.1) is 11.6 Å². The van der Waals surface area contributed by atoms with Gasteiger partial charge in [0.2, 0.25) is 0 Å². The highest BCUT2D eigenvalue weighted by atomic mass is 19.1. The molecule has 0 aromatic heterocycles. The minimum absolute atomic E-state index is 0.0664. The monoisotopic (exact) mass is 273 g/mol. The summed E-state index contributed by atoms with van der Waals surface area (Å²) in [7, 11) is 1.81. The van der Waals surface area contributed by atoms with Crippen LogP contribution < -0.4 is 10.1 Å². The van der Waals surface area contributed by atoms with E-state index in [4.69, 9.17) is 4.74 Å². The van der Waals surface area contributed by atoms with E-state index in [0.717, 1.165) is 25.3 Å². The van der Waals surface area contributed by atoms with Crippen LogP contribution in [0.2, 0.25) is 0 Å². The Morgan fingerprint density at radius 2 is 2.05 bits per heavy atom. The highest BCUT2D eigenvalue weighted by Gasteiger charge is 2.19. The molecule has 1 aromatic carbocycles. The minimum Gasteiger partial charge on any atom is -0.491 e. The van der Waals surface area contributed by atoms with Gasteiger partial charge in [-0.15, -0.1) is 0 Å². The maximum absolute atomic E-state index is 13.3. The van der Waals surface area contributed by atoms with E-state index in [-0.39, 0.29) is 17.9 Å². The van der Waals surface area contributed by atoms with Crippen molar-refractivity contribution in [2.75, 3.05) is 20.3 Å². The van der Waals surface area contributed by atoms with Gasteiger partial charge in [-0.1, -0.05) is 0 Å². The first-order valence-corrected chi connectivity index (χ1v) is 6.38. The van der Waals surface area contributed by atoms with Gasteiger partial charge in [-0.3, -0.25) is 0 Å². The highest BCUT2D eigenvalue weighted by Crippen LogP contribution is 2.18. The number of ether oxygens (including phenoxy) is 1. The van der Waals surface area contributed by atoms with Crippen LogP contribution in [0.1, 0.15) is 26.2 Å². The van der Waals surface area contributed by atoms with Crippen LogP contribution in [0.3, 0.4) is 0 Å². The number of rotatable bonds is 8. The SMILES string of the molecule is CNC(C)(CO)CCCCOc1ccc(F)cc1F. The molecule has 0 saturated carbocycles. The third-order valence-electron chi connectivity index (χ3n) is 3.23.